The van der Waals surface area contributed by atoms with Gasteiger partial charge in [-0.15, -0.1) is 5.10 Å². The zero-order valence-electron chi connectivity index (χ0n) is 10.5. The van der Waals surface area contributed by atoms with Gasteiger partial charge in [-0.2, -0.15) is 0 Å². The van der Waals surface area contributed by atoms with Crippen LogP contribution in [-0.4, -0.2) is 20.9 Å². The molecule has 1 aromatic heterocycles. The molecular weight excluding hydrogens is 320 g/mol. The number of carbonyl (C=O) groups excluding carboxylic acids is 1. The fourth-order valence-corrected chi connectivity index (χ4v) is 2.31. The summed E-state index contributed by atoms with van der Waals surface area (Å²) >= 11 is 3.39. The SMILES string of the molecule is O=C(Cn1nnc2ccccc21)Nc1ccccc1Br. The first kappa shape index (κ1) is 12.8. The molecule has 0 aliphatic carbocycles. The van der Waals surface area contributed by atoms with E-state index in [0.29, 0.717) is 0 Å². The normalized spacial score (nSPS) is 10.7. The van der Waals surface area contributed by atoms with Crippen molar-refractivity contribution in [2.24, 2.45) is 0 Å². The van der Waals surface area contributed by atoms with Gasteiger partial charge in [-0.1, -0.05) is 29.5 Å². The second kappa shape index (κ2) is 5.42. The van der Waals surface area contributed by atoms with E-state index in [1.807, 2.05) is 48.5 Å². The minimum absolute atomic E-state index is 0.127. The molecule has 3 aromatic rings. The van der Waals surface area contributed by atoms with E-state index in [9.17, 15) is 4.79 Å². The molecule has 1 heterocycles. The lowest BCUT2D eigenvalue weighted by atomic mass is 10.3. The van der Waals surface area contributed by atoms with E-state index >= 15 is 0 Å². The molecule has 2 aromatic carbocycles. The maximum Gasteiger partial charge on any atom is 0.246 e. The van der Waals surface area contributed by atoms with Gasteiger partial charge in [0, 0.05) is 4.47 Å². The van der Waals surface area contributed by atoms with Gasteiger partial charge >= 0.3 is 0 Å². The first-order valence-electron chi connectivity index (χ1n) is 6.06. The van der Waals surface area contributed by atoms with Crippen molar-refractivity contribution in [2.45, 2.75) is 6.54 Å². The summed E-state index contributed by atoms with van der Waals surface area (Å²) in [5.74, 6) is -0.146. The van der Waals surface area contributed by atoms with E-state index in [0.717, 1.165) is 21.2 Å². The molecule has 0 bridgehead atoms. The zero-order valence-corrected chi connectivity index (χ0v) is 12.0. The summed E-state index contributed by atoms with van der Waals surface area (Å²) in [5, 5.41) is 10.9. The van der Waals surface area contributed by atoms with Gasteiger partial charge in [-0.3, -0.25) is 4.79 Å². The van der Waals surface area contributed by atoms with Gasteiger partial charge in [-0.05, 0) is 40.2 Å². The summed E-state index contributed by atoms with van der Waals surface area (Å²) in [6.07, 6.45) is 0. The van der Waals surface area contributed by atoms with Gasteiger partial charge < -0.3 is 5.32 Å². The van der Waals surface area contributed by atoms with Gasteiger partial charge in [0.25, 0.3) is 0 Å². The first-order chi connectivity index (χ1) is 9.74. The van der Waals surface area contributed by atoms with Crippen LogP contribution in [0.15, 0.2) is 53.0 Å². The minimum Gasteiger partial charge on any atom is -0.323 e. The van der Waals surface area contributed by atoms with E-state index in [4.69, 9.17) is 0 Å². The molecule has 0 atom stereocenters. The average Bonchev–Trinajstić information content (AvgIpc) is 2.85. The van der Waals surface area contributed by atoms with Crippen LogP contribution >= 0.6 is 15.9 Å². The van der Waals surface area contributed by atoms with Crippen molar-refractivity contribution in [3.05, 3.63) is 53.0 Å². The van der Waals surface area contributed by atoms with E-state index in [-0.39, 0.29) is 12.5 Å². The molecule has 0 unspecified atom stereocenters. The Morgan fingerprint density at radius 2 is 1.90 bits per heavy atom. The minimum atomic E-state index is -0.146. The average molecular weight is 331 g/mol. The first-order valence-corrected chi connectivity index (χ1v) is 6.86. The van der Waals surface area contributed by atoms with Crippen LogP contribution in [0.25, 0.3) is 11.0 Å². The van der Waals surface area contributed by atoms with Crippen molar-refractivity contribution < 1.29 is 4.79 Å². The maximum absolute atomic E-state index is 12.1. The third-order valence-electron chi connectivity index (χ3n) is 2.86. The smallest absolute Gasteiger partial charge is 0.246 e. The van der Waals surface area contributed by atoms with Gasteiger partial charge in [0.1, 0.15) is 12.1 Å². The van der Waals surface area contributed by atoms with E-state index in [2.05, 4.69) is 31.6 Å². The zero-order chi connectivity index (χ0) is 13.9. The molecule has 3 rings (SSSR count). The van der Waals surface area contributed by atoms with E-state index in [1.165, 1.54) is 0 Å². The van der Waals surface area contributed by atoms with Crippen molar-refractivity contribution in [1.29, 1.82) is 0 Å². The van der Waals surface area contributed by atoms with Crippen LogP contribution in [0.4, 0.5) is 5.69 Å². The van der Waals surface area contributed by atoms with E-state index < -0.39 is 0 Å². The summed E-state index contributed by atoms with van der Waals surface area (Å²) < 4.78 is 2.43. The number of carbonyl (C=O) groups is 1. The monoisotopic (exact) mass is 330 g/mol. The van der Waals surface area contributed by atoms with Crippen molar-refractivity contribution in [1.82, 2.24) is 15.0 Å². The summed E-state index contributed by atoms with van der Waals surface area (Å²) in [5.41, 5.74) is 2.36. The number of rotatable bonds is 3. The molecule has 0 fully saturated rings. The molecule has 0 aliphatic rings. The third-order valence-corrected chi connectivity index (χ3v) is 3.55. The Kier molecular flexibility index (Phi) is 3.47. The second-order valence-electron chi connectivity index (χ2n) is 4.26. The molecule has 5 nitrogen and oxygen atoms in total. The molecule has 0 spiro atoms. The van der Waals surface area contributed by atoms with Crippen LogP contribution in [0, 0.1) is 0 Å². The van der Waals surface area contributed by atoms with Gasteiger partial charge in [-0.25, -0.2) is 4.68 Å². The highest BCUT2D eigenvalue weighted by Crippen LogP contribution is 2.21. The number of nitrogens with zero attached hydrogens (tertiary/aromatic N) is 3. The van der Waals surface area contributed by atoms with Crippen LogP contribution in [0.2, 0.25) is 0 Å². The quantitative estimate of drug-likeness (QED) is 0.803. The fraction of sp³-hybridized carbons (Fsp3) is 0.0714. The van der Waals surface area contributed by atoms with Crippen LogP contribution < -0.4 is 5.32 Å². The number of hydrogen-bond donors (Lipinski definition) is 1. The lowest BCUT2D eigenvalue weighted by Crippen LogP contribution is -2.19. The van der Waals surface area contributed by atoms with Crippen molar-refractivity contribution in [3.8, 4) is 0 Å². The van der Waals surface area contributed by atoms with Crippen LogP contribution in [-0.2, 0) is 11.3 Å². The van der Waals surface area contributed by atoms with Gasteiger partial charge in [0.05, 0.1) is 11.2 Å². The lowest BCUT2D eigenvalue weighted by Gasteiger charge is -2.07. The van der Waals surface area contributed by atoms with Gasteiger partial charge in [0.2, 0.25) is 5.91 Å². The summed E-state index contributed by atoms with van der Waals surface area (Å²) in [7, 11) is 0. The van der Waals surface area contributed by atoms with Crippen LogP contribution in [0.3, 0.4) is 0 Å². The Morgan fingerprint density at radius 1 is 1.15 bits per heavy atom. The lowest BCUT2D eigenvalue weighted by molar-refractivity contribution is -0.116. The Bertz CT molecular complexity index is 768. The molecule has 1 N–H and O–H groups in total. The van der Waals surface area contributed by atoms with E-state index in [1.54, 1.807) is 4.68 Å². The molecule has 0 saturated carbocycles. The Morgan fingerprint density at radius 3 is 2.75 bits per heavy atom. The van der Waals surface area contributed by atoms with Crippen LogP contribution in [0.1, 0.15) is 0 Å². The largest absolute Gasteiger partial charge is 0.323 e. The molecule has 0 saturated heterocycles. The van der Waals surface area contributed by atoms with Crippen LogP contribution in [0.5, 0.6) is 0 Å². The third kappa shape index (κ3) is 2.55. The predicted molar refractivity (Wildman–Crippen MR) is 80.3 cm³/mol. The second-order valence-corrected chi connectivity index (χ2v) is 5.12. The fourth-order valence-electron chi connectivity index (χ4n) is 1.92. The summed E-state index contributed by atoms with van der Waals surface area (Å²) in [4.78, 5) is 12.1. The number of para-hydroxylation sites is 2. The number of hydrogen-bond acceptors (Lipinski definition) is 3. The number of amides is 1. The predicted octanol–water partition coefficient (Wildman–Crippen LogP) is 2.83. The Hall–Kier alpha value is -2.21. The molecule has 0 radical (unpaired) electrons. The highest BCUT2D eigenvalue weighted by molar-refractivity contribution is 9.10. The number of benzene rings is 2. The van der Waals surface area contributed by atoms with Crippen molar-refractivity contribution >= 4 is 38.6 Å². The molecule has 1 amide bonds. The summed E-state index contributed by atoms with van der Waals surface area (Å²) in [6.45, 7) is 0.127. The Labute approximate surface area is 123 Å². The maximum atomic E-state index is 12.1. The standard InChI is InChI=1S/C14H11BrN4O/c15-10-5-1-2-6-11(10)16-14(20)9-19-13-8-4-3-7-12(13)17-18-19/h1-8H,9H2,(H,16,20). The summed E-state index contributed by atoms with van der Waals surface area (Å²) in [6, 6.07) is 15.0. The van der Waals surface area contributed by atoms with Crippen molar-refractivity contribution in [3.63, 3.8) is 0 Å². The molecule has 100 valence electrons. The molecular formula is C14H11BrN4O. The number of nitrogens with one attached hydrogen (secondary N) is 1. The molecule has 6 heteroatoms. The van der Waals surface area contributed by atoms with Crippen molar-refractivity contribution in [2.75, 3.05) is 5.32 Å². The molecule has 20 heavy (non-hydrogen) atoms. The number of aromatic nitrogens is 3. The Balaban J connectivity index is 1.78. The molecule has 0 aliphatic heterocycles. The topological polar surface area (TPSA) is 59.8 Å². The number of anilines is 1. The number of halogens is 1. The highest BCUT2D eigenvalue weighted by atomic mass is 79.9. The number of fused-ring (bicyclic) bond motifs is 1. The van der Waals surface area contributed by atoms with Gasteiger partial charge in [0.15, 0.2) is 0 Å². The highest BCUT2D eigenvalue weighted by Gasteiger charge is 2.09.